The van der Waals surface area contributed by atoms with E-state index >= 15 is 0 Å². The summed E-state index contributed by atoms with van der Waals surface area (Å²) in [5.74, 6) is 0.393. The van der Waals surface area contributed by atoms with E-state index in [1.165, 1.54) is 0 Å². The van der Waals surface area contributed by atoms with Gasteiger partial charge in [-0.1, -0.05) is 26.7 Å². The highest BCUT2D eigenvalue weighted by atomic mass is 16.3. The molecule has 0 aromatic carbocycles. The largest absolute Gasteiger partial charge is 0.392 e. The van der Waals surface area contributed by atoms with Crippen molar-refractivity contribution in [2.75, 3.05) is 6.54 Å². The summed E-state index contributed by atoms with van der Waals surface area (Å²) in [5, 5.41) is 17.7. The Bertz CT molecular complexity index is 364. The molecule has 1 unspecified atom stereocenters. The molecule has 0 aliphatic heterocycles. The average Bonchev–Trinajstić information content (AvgIpc) is 2.79. The third-order valence-corrected chi connectivity index (χ3v) is 3.60. The van der Waals surface area contributed by atoms with Gasteiger partial charge in [0.2, 0.25) is 0 Å². The molecular weight excluding hydrogens is 238 g/mol. The van der Waals surface area contributed by atoms with Crippen LogP contribution in [0, 0.1) is 5.92 Å². The van der Waals surface area contributed by atoms with E-state index in [0.29, 0.717) is 12.5 Å². The molecule has 0 saturated heterocycles. The summed E-state index contributed by atoms with van der Waals surface area (Å²) in [6.07, 6.45) is 5.76. The van der Waals surface area contributed by atoms with E-state index in [2.05, 4.69) is 51.2 Å². The van der Waals surface area contributed by atoms with E-state index in [-0.39, 0.29) is 11.6 Å². The number of aliphatic hydroxyl groups excluding tert-OH is 1. The van der Waals surface area contributed by atoms with Crippen LogP contribution in [0.15, 0.2) is 12.4 Å². The average molecular weight is 267 g/mol. The van der Waals surface area contributed by atoms with Crippen LogP contribution in [-0.2, 0) is 12.1 Å². The highest BCUT2D eigenvalue weighted by molar-refractivity contribution is 5.04. The summed E-state index contributed by atoms with van der Waals surface area (Å²) >= 11 is 0. The SMILES string of the molecule is CCC(CC)C(O)CNCc1cnn(C(C)(C)C)c1. The number of hydrogen-bond donors (Lipinski definition) is 2. The van der Waals surface area contributed by atoms with Crippen LogP contribution >= 0.6 is 0 Å². The predicted molar refractivity (Wildman–Crippen MR) is 79.0 cm³/mol. The first-order chi connectivity index (χ1) is 8.88. The van der Waals surface area contributed by atoms with E-state index < -0.39 is 0 Å². The van der Waals surface area contributed by atoms with Gasteiger partial charge in [-0.2, -0.15) is 5.10 Å². The van der Waals surface area contributed by atoms with Crippen molar-refractivity contribution in [3.05, 3.63) is 18.0 Å². The minimum Gasteiger partial charge on any atom is -0.392 e. The molecule has 19 heavy (non-hydrogen) atoms. The molecule has 1 aromatic heterocycles. The normalized spacial score (nSPS) is 14.1. The second kappa shape index (κ2) is 7.06. The van der Waals surface area contributed by atoms with Crippen LogP contribution < -0.4 is 5.32 Å². The first-order valence-corrected chi connectivity index (χ1v) is 7.31. The lowest BCUT2D eigenvalue weighted by Crippen LogP contribution is -2.32. The molecule has 0 saturated carbocycles. The van der Waals surface area contributed by atoms with Gasteiger partial charge in [0.25, 0.3) is 0 Å². The Hall–Kier alpha value is -0.870. The van der Waals surface area contributed by atoms with Gasteiger partial charge in [-0.3, -0.25) is 4.68 Å². The van der Waals surface area contributed by atoms with E-state index in [9.17, 15) is 5.11 Å². The third kappa shape index (κ3) is 4.96. The zero-order valence-electron chi connectivity index (χ0n) is 13.0. The molecule has 0 aliphatic carbocycles. The Morgan fingerprint density at radius 2 is 1.95 bits per heavy atom. The Balaban J connectivity index is 2.39. The maximum atomic E-state index is 10.0. The van der Waals surface area contributed by atoms with Gasteiger partial charge in [-0.05, 0) is 26.7 Å². The lowest BCUT2D eigenvalue weighted by atomic mass is 9.96. The quantitative estimate of drug-likeness (QED) is 0.798. The molecule has 0 aliphatic rings. The monoisotopic (exact) mass is 267 g/mol. The number of aromatic nitrogens is 2. The third-order valence-electron chi connectivity index (χ3n) is 3.60. The fourth-order valence-electron chi connectivity index (χ4n) is 2.18. The lowest BCUT2D eigenvalue weighted by molar-refractivity contribution is 0.101. The Labute approximate surface area is 117 Å². The number of aliphatic hydroxyl groups is 1. The highest BCUT2D eigenvalue weighted by Crippen LogP contribution is 2.14. The summed E-state index contributed by atoms with van der Waals surface area (Å²) in [6.45, 7) is 12.1. The molecule has 4 heteroatoms. The van der Waals surface area contributed by atoms with Gasteiger partial charge >= 0.3 is 0 Å². The fraction of sp³-hybridized carbons (Fsp3) is 0.800. The van der Waals surface area contributed by atoms with Crippen molar-refractivity contribution >= 4 is 0 Å². The van der Waals surface area contributed by atoms with Gasteiger partial charge in [0.15, 0.2) is 0 Å². The van der Waals surface area contributed by atoms with Gasteiger partial charge in [-0.15, -0.1) is 0 Å². The van der Waals surface area contributed by atoms with Crippen molar-refractivity contribution in [2.24, 2.45) is 5.92 Å². The maximum absolute atomic E-state index is 10.0. The topological polar surface area (TPSA) is 50.1 Å². The van der Waals surface area contributed by atoms with E-state index in [1.54, 1.807) is 0 Å². The van der Waals surface area contributed by atoms with E-state index in [1.807, 2.05) is 10.9 Å². The van der Waals surface area contributed by atoms with Crippen molar-refractivity contribution < 1.29 is 5.11 Å². The zero-order chi connectivity index (χ0) is 14.5. The van der Waals surface area contributed by atoms with Crippen molar-refractivity contribution in [1.29, 1.82) is 0 Å². The molecule has 0 bridgehead atoms. The minimum absolute atomic E-state index is 0.0211. The maximum Gasteiger partial charge on any atom is 0.0692 e. The van der Waals surface area contributed by atoms with Gasteiger partial charge in [0, 0.05) is 24.8 Å². The van der Waals surface area contributed by atoms with Gasteiger partial charge in [0.1, 0.15) is 0 Å². The van der Waals surface area contributed by atoms with Gasteiger partial charge in [0.05, 0.1) is 17.8 Å². The minimum atomic E-state index is -0.257. The zero-order valence-corrected chi connectivity index (χ0v) is 13.0. The van der Waals surface area contributed by atoms with Crippen molar-refractivity contribution in [3.63, 3.8) is 0 Å². The number of hydrogen-bond acceptors (Lipinski definition) is 3. The summed E-state index contributed by atoms with van der Waals surface area (Å²) in [5.41, 5.74) is 1.18. The first kappa shape index (κ1) is 16.2. The van der Waals surface area contributed by atoms with Gasteiger partial charge in [-0.25, -0.2) is 0 Å². The molecule has 1 heterocycles. The van der Waals surface area contributed by atoms with Crippen molar-refractivity contribution in [2.45, 2.75) is 65.6 Å². The molecule has 0 amide bonds. The van der Waals surface area contributed by atoms with Crippen LogP contribution in [0.1, 0.15) is 53.0 Å². The molecule has 0 spiro atoms. The smallest absolute Gasteiger partial charge is 0.0692 e. The van der Waals surface area contributed by atoms with E-state index in [4.69, 9.17) is 0 Å². The van der Waals surface area contributed by atoms with Gasteiger partial charge < -0.3 is 10.4 Å². The second-order valence-corrected chi connectivity index (χ2v) is 6.24. The molecule has 1 atom stereocenters. The summed E-state index contributed by atoms with van der Waals surface area (Å²) in [6, 6.07) is 0. The summed E-state index contributed by atoms with van der Waals surface area (Å²) in [4.78, 5) is 0. The molecular formula is C15H29N3O. The van der Waals surface area contributed by atoms with E-state index in [0.717, 1.165) is 24.9 Å². The fourth-order valence-corrected chi connectivity index (χ4v) is 2.18. The van der Waals surface area contributed by atoms with Crippen LogP contribution in [0.3, 0.4) is 0 Å². The van der Waals surface area contributed by atoms with Crippen LogP contribution in [0.5, 0.6) is 0 Å². The molecule has 4 nitrogen and oxygen atoms in total. The number of rotatable bonds is 7. The Morgan fingerprint density at radius 1 is 1.32 bits per heavy atom. The van der Waals surface area contributed by atoms with Crippen LogP contribution in [0.2, 0.25) is 0 Å². The number of nitrogens with one attached hydrogen (secondary N) is 1. The summed E-state index contributed by atoms with van der Waals surface area (Å²) < 4.78 is 1.97. The molecule has 1 aromatic rings. The molecule has 0 radical (unpaired) electrons. The molecule has 0 fully saturated rings. The number of nitrogens with zero attached hydrogens (tertiary/aromatic N) is 2. The van der Waals surface area contributed by atoms with Crippen LogP contribution in [-0.4, -0.2) is 27.5 Å². The first-order valence-electron chi connectivity index (χ1n) is 7.31. The Morgan fingerprint density at radius 3 is 2.42 bits per heavy atom. The standard InChI is InChI=1S/C15H29N3O/c1-6-13(7-2)14(19)10-16-8-12-9-17-18(11-12)15(3,4)5/h9,11,13-14,16,19H,6-8,10H2,1-5H3. The predicted octanol–water partition coefficient (Wildman–Crippen LogP) is 2.52. The highest BCUT2D eigenvalue weighted by Gasteiger charge is 2.16. The summed E-state index contributed by atoms with van der Waals surface area (Å²) in [7, 11) is 0. The Kier molecular flexibility index (Phi) is 6.01. The van der Waals surface area contributed by atoms with Crippen LogP contribution in [0.25, 0.3) is 0 Å². The molecule has 110 valence electrons. The second-order valence-electron chi connectivity index (χ2n) is 6.24. The molecule has 1 rings (SSSR count). The lowest BCUT2D eigenvalue weighted by Gasteiger charge is -2.20. The van der Waals surface area contributed by atoms with Crippen molar-refractivity contribution in [3.8, 4) is 0 Å². The van der Waals surface area contributed by atoms with Crippen molar-refractivity contribution in [1.82, 2.24) is 15.1 Å². The van der Waals surface area contributed by atoms with Crippen LogP contribution in [0.4, 0.5) is 0 Å². The molecule has 2 N–H and O–H groups in total.